The van der Waals surface area contributed by atoms with Crippen molar-refractivity contribution >= 4 is 34.0 Å². The largest absolute Gasteiger partial charge is 0.364 e. The highest BCUT2D eigenvalue weighted by molar-refractivity contribution is 7.10. The number of benzene rings is 1. The summed E-state index contributed by atoms with van der Waals surface area (Å²) in [5.41, 5.74) is 5.22. The number of fused-ring (bicyclic) bond motifs is 1. The molecule has 8 nitrogen and oxygen atoms in total. The number of anilines is 2. The van der Waals surface area contributed by atoms with Crippen LogP contribution in [0.2, 0.25) is 0 Å². The fourth-order valence-corrected chi connectivity index (χ4v) is 5.52. The molecule has 0 aliphatic carbocycles. The first kappa shape index (κ1) is 24.7. The average Bonchev–Trinajstić information content (AvgIpc) is 3.44. The molecular weight excluding hydrogens is 470 g/mol. The Morgan fingerprint density at radius 1 is 1.06 bits per heavy atom. The monoisotopic (exact) mass is 505 g/mol. The Morgan fingerprint density at radius 3 is 2.53 bits per heavy atom. The van der Waals surface area contributed by atoms with Gasteiger partial charge in [0.15, 0.2) is 0 Å². The SMILES string of the molecule is Cc1csc(CNc2nc(N3CCN(CCN(C)C)CC3)nc3ccc(-c4c(C)noc4C)cc23)c1. The van der Waals surface area contributed by atoms with Crippen LogP contribution in [0.5, 0.6) is 0 Å². The molecular formula is C27H35N7OS. The van der Waals surface area contributed by atoms with E-state index in [4.69, 9.17) is 14.5 Å². The molecule has 0 spiro atoms. The van der Waals surface area contributed by atoms with Gasteiger partial charge in [-0.05, 0) is 69.6 Å². The van der Waals surface area contributed by atoms with E-state index in [1.165, 1.54) is 10.4 Å². The van der Waals surface area contributed by atoms with Gasteiger partial charge in [0.1, 0.15) is 11.6 Å². The third-order valence-electron chi connectivity index (χ3n) is 6.74. The lowest BCUT2D eigenvalue weighted by Gasteiger charge is -2.35. The molecule has 0 unspecified atom stereocenters. The standard InChI is InChI=1S/C27H35N7OS/c1-18-14-22(36-17-18)16-28-26-23-15-21(25-19(2)31-35-20(25)3)6-7-24(23)29-27(30-26)34-12-10-33(11-13-34)9-8-32(4)5/h6-7,14-15,17H,8-13,16H2,1-5H3,(H,28,29,30). The second-order valence-corrected chi connectivity index (χ2v) is 10.9. The highest BCUT2D eigenvalue weighted by Gasteiger charge is 2.21. The van der Waals surface area contributed by atoms with Crippen molar-refractivity contribution in [2.75, 3.05) is 63.6 Å². The minimum Gasteiger partial charge on any atom is -0.364 e. The zero-order valence-corrected chi connectivity index (χ0v) is 22.7. The van der Waals surface area contributed by atoms with Crippen molar-refractivity contribution in [1.82, 2.24) is 24.9 Å². The summed E-state index contributed by atoms with van der Waals surface area (Å²) in [5.74, 6) is 2.48. The molecule has 36 heavy (non-hydrogen) atoms. The first-order chi connectivity index (χ1) is 17.4. The van der Waals surface area contributed by atoms with Crippen LogP contribution in [-0.4, -0.2) is 78.3 Å². The highest BCUT2D eigenvalue weighted by atomic mass is 32.1. The quantitative estimate of drug-likeness (QED) is 0.373. The summed E-state index contributed by atoms with van der Waals surface area (Å²) in [5, 5.41) is 11.0. The molecule has 190 valence electrons. The fraction of sp³-hybridized carbons (Fsp3) is 0.444. The molecule has 1 N–H and O–H groups in total. The molecule has 0 radical (unpaired) electrons. The summed E-state index contributed by atoms with van der Waals surface area (Å²) in [4.78, 5) is 18.4. The molecule has 4 aromatic rings. The van der Waals surface area contributed by atoms with E-state index in [1.807, 2.05) is 13.8 Å². The maximum Gasteiger partial charge on any atom is 0.227 e. The van der Waals surface area contributed by atoms with Gasteiger partial charge < -0.3 is 19.6 Å². The van der Waals surface area contributed by atoms with Crippen LogP contribution in [0.25, 0.3) is 22.0 Å². The van der Waals surface area contributed by atoms with Crippen molar-refractivity contribution in [3.05, 3.63) is 51.5 Å². The lowest BCUT2D eigenvalue weighted by Crippen LogP contribution is -2.48. The van der Waals surface area contributed by atoms with Crippen molar-refractivity contribution in [2.24, 2.45) is 0 Å². The van der Waals surface area contributed by atoms with Crippen molar-refractivity contribution in [3.63, 3.8) is 0 Å². The Labute approximate surface area is 216 Å². The Kier molecular flexibility index (Phi) is 7.22. The van der Waals surface area contributed by atoms with Gasteiger partial charge in [0.25, 0.3) is 0 Å². The minimum absolute atomic E-state index is 0.734. The molecule has 1 aliphatic rings. The predicted molar refractivity (Wildman–Crippen MR) is 148 cm³/mol. The van der Waals surface area contributed by atoms with Gasteiger partial charge in [0.05, 0.1) is 17.8 Å². The summed E-state index contributed by atoms with van der Waals surface area (Å²) in [6, 6.07) is 8.59. The molecule has 5 rings (SSSR count). The maximum atomic E-state index is 5.43. The van der Waals surface area contributed by atoms with Gasteiger partial charge in [-0.1, -0.05) is 11.2 Å². The second kappa shape index (κ2) is 10.5. The van der Waals surface area contributed by atoms with Gasteiger partial charge in [-0.25, -0.2) is 4.98 Å². The van der Waals surface area contributed by atoms with Crippen LogP contribution in [0.3, 0.4) is 0 Å². The molecule has 1 aliphatic heterocycles. The number of rotatable bonds is 8. The number of piperazine rings is 1. The van der Waals surface area contributed by atoms with Crippen LogP contribution in [0.15, 0.2) is 34.2 Å². The van der Waals surface area contributed by atoms with E-state index in [0.717, 1.165) is 91.1 Å². The smallest absolute Gasteiger partial charge is 0.227 e. The van der Waals surface area contributed by atoms with Gasteiger partial charge in [-0.15, -0.1) is 11.3 Å². The van der Waals surface area contributed by atoms with Crippen LogP contribution >= 0.6 is 11.3 Å². The number of hydrogen-bond acceptors (Lipinski definition) is 9. The second-order valence-electron chi connectivity index (χ2n) is 9.88. The fourth-order valence-electron chi connectivity index (χ4n) is 4.71. The number of thiophene rings is 1. The van der Waals surface area contributed by atoms with E-state index in [-0.39, 0.29) is 0 Å². The maximum absolute atomic E-state index is 5.43. The molecule has 3 aromatic heterocycles. The van der Waals surface area contributed by atoms with Crippen LogP contribution in [0.1, 0.15) is 21.9 Å². The molecule has 1 aromatic carbocycles. The summed E-state index contributed by atoms with van der Waals surface area (Å²) < 4.78 is 5.43. The van der Waals surface area contributed by atoms with E-state index in [1.54, 1.807) is 11.3 Å². The molecule has 0 bridgehead atoms. The molecule has 4 heterocycles. The Morgan fingerprint density at radius 2 is 1.86 bits per heavy atom. The van der Waals surface area contributed by atoms with E-state index in [9.17, 15) is 0 Å². The lowest BCUT2D eigenvalue weighted by molar-refractivity contribution is 0.229. The molecule has 0 atom stereocenters. The number of aryl methyl sites for hydroxylation is 3. The predicted octanol–water partition coefficient (Wildman–Crippen LogP) is 4.57. The normalized spacial score (nSPS) is 14.8. The zero-order valence-electron chi connectivity index (χ0n) is 21.8. The van der Waals surface area contributed by atoms with Gasteiger partial charge in [0.2, 0.25) is 5.95 Å². The molecule has 0 amide bonds. The Bertz CT molecular complexity index is 1320. The third-order valence-corrected chi connectivity index (χ3v) is 7.79. The van der Waals surface area contributed by atoms with Crippen molar-refractivity contribution in [1.29, 1.82) is 0 Å². The van der Waals surface area contributed by atoms with Gasteiger partial charge in [-0.2, -0.15) is 4.98 Å². The Hall–Kier alpha value is -3.01. The van der Waals surface area contributed by atoms with Gasteiger partial charge in [0, 0.05) is 55.1 Å². The highest BCUT2D eigenvalue weighted by Crippen LogP contribution is 2.33. The van der Waals surface area contributed by atoms with Crippen LogP contribution < -0.4 is 10.2 Å². The summed E-state index contributed by atoms with van der Waals surface area (Å²) >= 11 is 1.77. The topological polar surface area (TPSA) is 73.6 Å². The van der Waals surface area contributed by atoms with E-state index < -0.39 is 0 Å². The minimum atomic E-state index is 0.734. The van der Waals surface area contributed by atoms with Gasteiger partial charge >= 0.3 is 0 Å². The number of likely N-dealkylation sites (N-methyl/N-ethyl adjacent to an activating group) is 1. The first-order valence-electron chi connectivity index (χ1n) is 12.5. The molecule has 1 fully saturated rings. The van der Waals surface area contributed by atoms with Crippen molar-refractivity contribution in [2.45, 2.75) is 27.3 Å². The number of aromatic nitrogens is 3. The number of nitrogens with zero attached hydrogens (tertiary/aromatic N) is 6. The number of nitrogens with one attached hydrogen (secondary N) is 1. The molecule has 0 saturated carbocycles. The van der Waals surface area contributed by atoms with Crippen molar-refractivity contribution < 1.29 is 4.52 Å². The summed E-state index contributed by atoms with van der Waals surface area (Å²) in [6.45, 7) is 12.9. The van der Waals surface area contributed by atoms with Crippen LogP contribution in [0, 0.1) is 20.8 Å². The third kappa shape index (κ3) is 5.38. The van der Waals surface area contributed by atoms with Crippen LogP contribution in [-0.2, 0) is 6.54 Å². The summed E-state index contributed by atoms with van der Waals surface area (Å²) in [6.07, 6.45) is 0. The average molecular weight is 506 g/mol. The first-order valence-corrected chi connectivity index (χ1v) is 13.4. The van der Waals surface area contributed by atoms with Crippen LogP contribution in [0.4, 0.5) is 11.8 Å². The van der Waals surface area contributed by atoms with Crippen molar-refractivity contribution in [3.8, 4) is 11.1 Å². The Balaban J connectivity index is 1.45. The summed E-state index contributed by atoms with van der Waals surface area (Å²) in [7, 11) is 4.25. The van der Waals surface area contributed by atoms with E-state index in [0.29, 0.717) is 0 Å². The zero-order chi connectivity index (χ0) is 25.2. The van der Waals surface area contributed by atoms with Gasteiger partial charge in [-0.3, -0.25) is 4.90 Å². The molecule has 1 saturated heterocycles. The lowest BCUT2D eigenvalue weighted by atomic mass is 10.0. The molecule has 9 heteroatoms. The number of hydrogen-bond donors (Lipinski definition) is 1. The van der Waals surface area contributed by atoms with E-state index >= 15 is 0 Å². The van der Waals surface area contributed by atoms with E-state index in [2.05, 4.69) is 75.8 Å².